The number of hydrogen-bond donors (Lipinski definition) is 1. The Morgan fingerprint density at radius 3 is 2.36 bits per heavy atom. The average Bonchev–Trinajstić information content (AvgIpc) is 3.15. The van der Waals surface area contributed by atoms with Crippen molar-refractivity contribution in [1.82, 2.24) is 5.32 Å². The lowest BCUT2D eigenvalue weighted by atomic mass is 10.0. The highest BCUT2D eigenvalue weighted by Gasteiger charge is 2.59. The van der Waals surface area contributed by atoms with Gasteiger partial charge in [-0.3, -0.25) is 4.79 Å². The van der Waals surface area contributed by atoms with Crippen molar-refractivity contribution in [2.45, 2.75) is 25.8 Å². The van der Waals surface area contributed by atoms with Crippen LogP contribution in [0, 0.1) is 5.41 Å². The lowest BCUT2D eigenvalue weighted by molar-refractivity contribution is 0.0943. The molecule has 0 unspecified atom stereocenters. The predicted octanol–water partition coefficient (Wildman–Crippen LogP) is 4.28. The van der Waals surface area contributed by atoms with Crippen molar-refractivity contribution in [2.75, 3.05) is 14.2 Å². The van der Waals surface area contributed by atoms with Gasteiger partial charge in [-0.05, 0) is 41.3 Å². The van der Waals surface area contributed by atoms with Crippen LogP contribution in [-0.2, 0) is 0 Å². The summed E-state index contributed by atoms with van der Waals surface area (Å²) in [5.74, 6) is 1.42. The highest BCUT2D eigenvalue weighted by atomic mass is 35.5. The third-order valence-electron chi connectivity index (χ3n) is 5.00. The number of carbonyl (C=O) groups excluding carboxylic acids is 1. The van der Waals surface area contributed by atoms with Crippen molar-refractivity contribution in [1.29, 1.82) is 0 Å². The van der Waals surface area contributed by atoms with Crippen LogP contribution in [0.2, 0.25) is 5.02 Å². The van der Waals surface area contributed by atoms with Crippen LogP contribution in [0.3, 0.4) is 0 Å². The maximum atomic E-state index is 12.7. The summed E-state index contributed by atoms with van der Waals surface area (Å²) in [7, 11) is 3.19. The van der Waals surface area contributed by atoms with Crippen LogP contribution in [0.1, 0.15) is 35.7 Å². The van der Waals surface area contributed by atoms with Gasteiger partial charge in [-0.15, -0.1) is 0 Å². The molecule has 2 atom stereocenters. The zero-order valence-electron chi connectivity index (χ0n) is 14.8. The zero-order valence-corrected chi connectivity index (χ0v) is 15.6. The molecule has 0 aliphatic heterocycles. The first-order valence-corrected chi connectivity index (χ1v) is 8.54. The van der Waals surface area contributed by atoms with Gasteiger partial charge in [-0.25, -0.2) is 0 Å². The smallest absolute Gasteiger partial charge is 0.255 e. The van der Waals surface area contributed by atoms with Gasteiger partial charge in [-0.2, -0.15) is 0 Å². The van der Waals surface area contributed by atoms with E-state index in [1.807, 2.05) is 12.1 Å². The van der Waals surface area contributed by atoms with Gasteiger partial charge >= 0.3 is 0 Å². The molecule has 0 saturated heterocycles. The van der Waals surface area contributed by atoms with Gasteiger partial charge in [0.15, 0.2) is 0 Å². The largest absolute Gasteiger partial charge is 0.497 e. The predicted molar refractivity (Wildman–Crippen MR) is 98.8 cm³/mol. The normalized spacial score (nSPS) is 20.7. The fraction of sp³-hybridized carbons (Fsp3) is 0.350. The van der Waals surface area contributed by atoms with Crippen LogP contribution in [-0.4, -0.2) is 26.2 Å². The van der Waals surface area contributed by atoms with Gasteiger partial charge < -0.3 is 14.8 Å². The average molecular weight is 360 g/mol. The standard InChI is InChI=1S/C20H22ClNO3/c1-20(2)17(12-5-8-14(24-3)9-6-12)18(20)22-19(23)15-11-13(21)7-10-16(15)25-4/h5-11,17-18H,1-4H3,(H,22,23)/t17-,18-/m0/s1. The van der Waals surface area contributed by atoms with Crippen molar-refractivity contribution >= 4 is 17.5 Å². The summed E-state index contributed by atoms with van der Waals surface area (Å²) in [6, 6.07) is 13.1. The molecule has 1 amide bonds. The summed E-state index contributed by atoms with van der Waals surface area (Å²) in [5.41, 5.74) is 1.62. The van der Waals surface area contributed by atoms with Crippen molar-refractivity contribution in [3.05, 3.63) is 58.6 Å². The molecule has 0 bridgehead atoms. The van der Waals surface area contributed by atoms with Crippen LogP contribution in [0.5, 0.6) is 11.5 Å². The molecule has 0 aromatic heterocycles. The number of methoxy groups -OCH3 is 2. The third-order valence-corrected chi connectivity index (χ3v) is 5.23. The topological polar surface area (TPSA) is 47.6 Å². The van der Waals surface area contributed by atoms with Crippen LogP contribution in [0.4, 0.5) is 0 Å². The first-order valence-electron chi connectivity index (χ1n) is 8.17. The van der Waals surface area contributed by atoms with Crippen LogP contribution in [0.15, 0.2) is 42.5 Å². The molecule has 0 heterocycles. The molecule has 1 N–H and O–H groups in total. The fourth-order valence-corrected chi connectivity index (χ4v) is 3.59. The summed E-state index contributed by atoms with van der Waals surface area (Å²) in [5, 5.41) is 3.64. The van der Waals surface area contributed by atoms with Gasteiger partial charge in [0, 0.05) is 17.0 Å². The number of ether oxygens (including phenoxy) is 2. The highest BCUT2D eigenvalue weighted by molar-refractivity contribution is 6.31. The molecule has 1 fully saturated rings. The Morgan fingerprint density at radius 1 is 1.08 bits per heavy atom. The molecule has 1 aliphatic carbocycles. The summed E-state index contributed by atoms with van der Waals surface area (Å²) in [6.45, 7) is 4.31. The van der Waals surface area contributed by atoms with E-state index >= 15 is 0 Å². The second-order valence-corrected chi connectivity index (χ2v) is 7.30. The van der Waals surface area contributed by atoms with Crippen LogP contribution >= 0.6 is 11.6 Å². The Hall–Kier alpha value is -2.20. The number of amides is 1. The molecule has 4 nitrogen and oxygen atoms in total. The van der Waals surface area contributed by atoms with Crippen molar-refractivity contribution < 1.29 is 14.3 Å². The lowest BCUT2D eigenvalue weighted by Crippen LogP contribution is -2.29. The molecular weight excluding hydrogens is 338 g/mol. The van der Waals surface area contributed by atoms with E-state index in [0.29, 0.717) is 16.3 Å². The SMILES string of the molecule is COc1ccc([C@H]2[C@H](NC(=O)c3cc(Cl)ccc3OC)C2(C)C)cc1. The Balaban J connectivity index is 1.78. The Labute approximate surface area is 153 Å². The van der Waals surface area contributed by atoms with Gasteiger partial charge in [0.05, 0.1) is 19.8 Å². The Kier molecular flexibility index (Phi) is 4.65. The Morgan fingerprint density at radius 2 is 1.76 bits per heavy atom. The zero-order chi connectivity index (χ0) is 18.2. The van der Waals surface area contributed by atoms with Gasteiger partial charge in [0.25, 0.3) is 5.91 Å². The van der Waals surface area contributed by atoms with Crippen molar-refractivity contribution in [2.24, 2.45) is 5.41 Å². The Bertz CT molecular complexity index is 786. The number of halogens is 1. The number of nitrogens with one attached hydrogen (secondary N) is 1. The third kappa shape index (κ3) is 3.31. The van der Waals surface area contributed by atoms with Gasteiger partial charge in [0.1, 0.15) is 11.5 Å². The maximum Gasteiger partial charge on any atom is 0.255 e. The van der Waals surface area contributed by atoms with E-state index in [-0.39, 0.29) is 23.3 Å². The van der Waals surface area contributed by atoms with E-state index in [2.05, 4.69) is 31.3 Å². The number of rotatable bonds is 5. The van der Waals surface area contributed by atoms with Crippen molar-refractivity contribution in [3.63, 3.8) is 0 Å². The summed E-state index contributed by atoms with van der Waals surface area (Å²) >= 11 is 6.03. The van der Waals surface area contributed by atoms with E-state index in [4.69, 9.17) is 21.1 Å². The number of benzene rings is 2. The molecule has 2 aromatic rings. The first-order chi connectivity index (χ1) is 11.9. The minimum atomic E-state index is -0.173. The molecule has 132 valence electrons. The molecule has 0 radical (unpaired) electrons. The molecule has 3 rings (SSSR count). The minimum Gasteiger partial charge on any atom is -0.497 e. The maximum absolute atomic E-state index is 12.7. The van der Waals surface area contributed by atoms with Crippen LogP contribution < -0.4 is 14.8 Å². The van der Waals surface area contributed by atoms with E-state index in [0.717, 1.165) is 5.75 Å². The summed E-state index contributed by atoms with van der Waals surface area (Å²) < 4.78 is 10.5. The molecule has 25 heavy (non-hydrogen) atoms. The van der Waals surface area contributed by atoms with Crippen molar-refractivity contribution in [3.8, 4) is 11.5 Å². The molecule has 5 heteroatoms. The summed E-state index contributed by atoms with van der Waals surface area (Å²) in [6.07, 6.45) is 0. The fourth-order valence-electron chi connectivity index (χ4n) is 3.42. The molecule has 1 saturated carbocycles. The minimum absolute atomic E-state index is 0.0178. The molecule has 0 spiro atoms. The summed E-state index contributed by atoms with van der Waals surface area (Å²) in [4.78, 5) is 12.7. The molecule has 2 aromatic carbocycles. The van der Waals surface area contributed by atoms with Gasteiger partial charge in [0.2, 0.25) is 0 Å². The lowest BCUT2D eigenvalue weighted by Gasteiger charge is -2.10. The number of hydrogen-bond acceptors (Lipinski definition) is 3. The van der Waals surface area contributed by atoms with E-state index < -0.39 is 0 Å². The second-order valence-electron chi connectivity index (χ2n) is 6.87. The first kappa shape index (κ1) is 17.6. The van der Waals surface area contributed by atoms with E-state index in [9.17, 15) is 4.79 Å². The monoisotopic (exact) mass is 359 g/mol. The van der Waals surface area contributed by atoms with Gasteiger partial charge in [-0.1, -0.05) is 37.6 Å². The highest BCUT2D eigenvalue weighted by Crippen LogP contribution is 2.58. The molecule has 1 aliphatic rings. The molecular formula is C20H22ClNO3. The second kappa shape index (κ2) is 6.60. The van der Waals surface area contributed by atoms with E-state index in [1.54, 1.807) is 32.4 Å². The van der Waals surface area contributed by atoms with E-state index in [1.165, 1.54) is 5.56 Å². The number of carbonyl (C=O) groups is 1. The quantitative estimate of drug-likeness (QED) is 0.866. The van der Waals surface area contributed by atoms with Crippen LogP contribution in [0.25, 0.3) is 0 Å².